The summed E-state index contributed by atoms with van der Waals surface area (Å²) in [5.41, 5.74) is -0.447. The highest BCUT2D eigenvalue weighted by atomic mass is 35.5. The van der Waals surface area contributed by atoms with Crippen LogP contribution < -0.4 is 0 Å². The molecule has 4 nitrogen and oxygen atoms in total. The van der Waals surface area contributed by atoms with Crippen molar-refractivity contribution in [2.75, 3.05) is 0 Å². The third-order valence-electron chi connectivity index (χ3n) is 9.74. The Morgan fingerprint density at radius 2 is 2.00 bits per heavy atom. The van der Waals surface area contributed by atoms with Gasteiger partial charge >= 0.3 is 0 Å². The van der Waals surface area contributed by atoms with Crippen molar-refractivity contribution < 1.29 is 9.84 Å². The number of aromatic amines is 1. The van der Waals surface area contributed by atoms with E-state index < -0.39 is 22.0 Å². The number of hydrogen-bond acceptors (Lipinski definition) is 2. The third-order valence-corrected chi connectivity index (χ3v) is 10.4. The molecule has 5 heteroatoms. The molecule has 3 aliphatic carbocycles. The number of epoxide rings is 1. The molecule has 1 aliphatic heterocycles. The summed E-state index contributed by atoms with van der Waals surface area (Å²) in [6, 6.07) is 6.31. The molecule has 1 aromatic heterocycles. The van der Waals surface area contributed by atoms with Crippen molar-refractivity contribution in [1.82, 2.24) is 4.98 Å². The van der Waals surface area contributed by atoms with Crippen LogP contribution in [0, 0.1) is 23.3 Å². The van der Waals surface area contributed by atoms with E-state index in [2.05, 4.69) is 62.3 Å². The van der Waals surface area contributed by atoms with Crippen molar-refractivity contribution in [3.8, 4) is 0 Å². The maximum absolute atomic E-state index is 13.2. The van der Waals surface area contributed by atoms with E-state index >= 15 is 0 Å². The lowest BCUT2D eigenvalue weighted by Gasteiger charge is -2.64. The second-order valence-corrected chi connectivity index (χ2v) is 11.9. The number of nitrogens with zero attached hydrogens (tertiary/aromatic N) is 1. The number of benzene rings is 1. The third kappa shape index (κ3) is 1.68. The van der Waals surface area contributed by atoms with Gasteiger partial charge in [0.2, 0.25) is 0 Å². The highest BCUT2D eigenvalue weighted by Crippen LogP contribution is 2.76. The van der Waals surface area contributed by atoms with Gasteiger partial charge in [-0.25, -0.2) is 6.57 Å². The van der Waals surface area contributed by atoms with Gasteiger partial charge in [0, 0.05) is 22.4 Å². The van der Waals surface area contributed by atoms with Gasteiger partial charge in [0.1, 0.15) is 12.2 Å². The predicted molar refractivity (Wildman–Crippen MR) is 122 cm³/mol. The largest absolute Gasteiger partial charge is 0.377 e. The number of fused-ring (bicyclic) bond motifs is 2. The molecule has 162 valence electrons. The van der Waals surface area contributed by atoms with Gasteiger partial charge in [-0.05, 0) is 44.2 Å². The number of rotatable bonds is 1. The molecule has 0 radical (unpaired) electrons. The lowest BCUT2D eigenvalue weighted by Crippen LogP contribution is -2.76. The van der Waals surface area contributed by atoms with Crippen LogP contribution in [-0.2, 0) is 15.8 Å². The van der Waals surface area contributed by atoms with E-state index in [9.17, 15) is 5.11 Å². The molecule has 4 aliphatic rings. The van der Waals surface area contributed by atoms with Crippen LogP contribution in [0.5, 0.6) is 0 Å². The fraction of sp³-hybridized carbons (Fsp3) is 0.577. The first-order valence-electron chi connectivity index (χ1n) is 11.1. The van der Waals surface area contributed by atoms with Crippen molar-refractivity contribution in [2.24, 2.45) is 16.7 Å². The molecule has 0 unspecified atom stereocenters. The number of halogens is 1. The van der Waals surface area contributed by atoms with Crippen molar-refractivity contribution in [3.05, 3.63) is 59.1 Å². The minimum atomic E-state index is -1.39. The minimum absolute atomic E-state index is 0.150. The molecule has 2 aromatic rings. The van der Waals surface area contributed by atoms with Crippen molar-refractivity contribution in [3.63, 3.8) is 0 Å². The zero-order valence-electron chi connectivity index (χ0n) is 18.7. The summed E-state index contributed by atoms with van der Waals surface area (Å²) in [5, 5.41) is 13.9. The molecule has 0 bridgehead atoms. The number of hydrogen-bond donors (Lipinski definition) is 2. The number of aromatic nitrogens is 1. The Balaban J connectivity index is 1.88. The van der Waals surface area contributed by atoms with Gasteiger partial charge in [-0.15, -0.1) is 18.2 Å². The molecule has 7 atom stereocenters. The van der Waals surface area contributed by atoms with E-state index in [1.807, 2.05) is 13.0 Å². The molecule has 1 saturated heterocycles. The summed E-state index contributed by atoms with van der Waals surface area (Å²) in [4.78, 5) is 8.02. The van der Waals surface area contributed by atoms with Gasteiger partial charge in [0.15, 0.2) is 5.60 Å². The smallest absolute Gasteiger partial charge is 0.282 e. The predicted octanol–water partition coefficient (Wildman–Crippen LogP) is 5.60. The van der Waals surface area contributed by atoms with Gasteiger partial charge in [0.25, 0.3) is 5.54 Å². The van der Waals surface area contributed by atoms with Crippen molar-refractivity contribution >= 4 is 22.5 Å². The first kappa shape index (κ1) is 19.9. The minimum Gasteiger partial charge on any atom is -0.377 e. The van der Waals surface area contributed by atoms with Gasteiger partial charge < -0.3 is 19.7 Å². The monoisotopic (exact) mass is 436 g/mol. The maximum Gasteiger partial charge on any atom is 0.282 e. The molecule has 31 heavy (non-hydrogen) atoms. The second-order valence-electron chi connectivity index (χ2n) is 11.4. The summed E-state index contributed by atoms with van der Waals surface area (Å²) < 4.78 is 6.27. The lowest BCUT2D eigenvalue weighted by molar-refractivity contribution is -0.197. The zero-order chi connectivity index (χ0) is 22.4. The van der Waals surface area contributed by atoms with Crippen LogP contribution in [-0.4, -0.2) is 27.1 Å². The van der Waals surface area contributed by atoms with Crippen LogP contribution in [0.4, 0.5) is 0 Å². The maximum atomic E-state index is 13.2. The molecule has 0 amide bonds. The molecule has 2 fully saturated rings. The Morgan fingerprint density at radius 3 is 2.65 bits per heavy atom. The van der Waals surface area contributed by atoms with E-state index in [-0.39, 0.29) is 28.9 Å². The Hall–Kier alpha value is -1.80. The Morgan fingerprint density at radius 1 is 1.29 bits per heavy atom. The van der Waals surface area contributed by atoms with Crippen LogP contribution in [0.3, 0.4) is 0 Å². The molecule has 1 saturated carbocycles. The lowest BCUT2D eigenvalue weighted by atomic mass is 9.39. The fourth-order valence-electron chi connectivity index (χ4n) is 8.18. The number of nitrogens with one attached hydrogen (secondary N) is 1. The highest BCUT2D eigenvalue weighted by Gasteiger charge is 2.87. The molecule has 2 heterocycles. The average Bonchev–Trinajstić information content (AvgIpc) is 3.43. The number of ether oxygens (including phenoxy) is 1. The Labute approximate surface area is 188 Å². The quantitative estimate of drug-likeness (QED) is 0.264. The van der Waals surface area contributed by atoms with E-state index in [1.54, 1.807) is 0 Å². The summed E-state index contributed by atoms with van der Waals surface area (Å²) >= 11 is 7.17. The summed E-state index contributed by atoms with van der Waals surface area (Å²) in [6.07, 6.45) is 2.12. The molecule has 2 N–H and O–H groups in total. The van der Waals surface area contributed by atoms with Gasteiger partial charge in [0.05, 0.1) is 21.9 Å². The fourth-order valence-corrected chi connectivity index (χ4v) is 8.61. The Bertz CT molecular complexity index is 1220. The molecule has 1 aromatic carbocycles. The Kier molecular flexibility index (Phi) is 3.35. The second kappa shape index (κ2) is 5.22. The van der Waals surface area contributed by atoms with Crippen LogP contribution in [0.2, 0.25) is 0 Å². The van der Waals surface area contributed by atoms with Gasteiger partial charge in [-0.3, -0.25) is 0 Å². The van der Waals surface area contributed by atoms with Crippen molar-refractivity contribution in [2.45, 2.75) is 75.2 Å². The first-order chi connectivity index (χ1) is 14.4. The normalized spacial score (nSPS) is 45.4. The van der Waals surface area contributed by atoms with Gasteiger partial charge in [-0.2, -0.15) is 0 Å². The van der Waals surface area contributed by atoms with E-state index in [0.717, 1.165) is 22.2 Å². The van der Waals surface area contributed by atoms with Crippen LogP contribution in [0.25, 0.3) is 15.7 Å². The van der Waals surface area contributed by atoms with E-state index in [0.29, 0.717) is 6.42 Å². The summed E-state index contributed by atoms with van der Waals surface area (Å²) in [6.45, 7) is 23.4. The summed E-state index contributed by atoms with van der Waals surface area (Å²) in [7, 11) is 0. The molecular formula is C26H29ClN2O2. The number of aliphatic hydroxyl groups is 1. The number of alkyl halides is 1. The van der Waals surface area contributed by atoms with Crippen LogP contribution in [0.1, 0.15) is 64.0 Å². The van der Waals surface area contributed by atoms with Crippen molar-refractivity contribution in [1.29, 1.82) is 0 Å². The van der Waals surface area contributed by atoms with E-state index in [1.165, 1.54) is 5.56 Å². The van der Waals surface area contributed by atoms with Crippen LogP contribution in [0.15, 0.2) is 30.9 Å². The number of H-pyrrole nitrogens is 1. The van der Waals surface area contributed by atoms with Crippen LogP contribution >= 0.6 is 11.6 Å². The molecular weight excluding hydrogens is 408 g/mol. The first-order valence-corrected chi connectivity index (χ1v) is 11.6. The topological polar surface area (TPSA) is 52.9 Å². The summed E-state index contributed by atoms with van der Waals surface area (Å²) in [5.74, 6) is -0.214. The van der Waals surface area contributed by atoms with E-state index in [4.69, 9.17) is 22.9 Å². The average molecular weight is 437 g/mol. The molecule has 0 spiro atoms. The molecule has 6 rings (SSSR count). The highest BCUT2D eigenvalue weighted by molar-refractivity contribution is 6.21. The standard InChI is InChI=1S/C26H29ClN2O2/c1-8-24(6)16(27)12-15-22(2,3)13-10-9-11-14-17(13)18-19(29-14)20-21(31-20)23(4,5)26(24,28-7)25(15,18)30/h8-11,15-16,20-21,29-30H,1,12H2,2-6H3/t15-,16-,20+,21+,24+,25-,26+/m1/s1. The SMILES string of the molecule is [C-]#[N+][C@]12C(C)(C)[C@H]3O[C@H]3c3[nH]c4cccc5c4c3[C@]1(O)[C@H](C[C@@H](Cl)[C@]2(C)C=C)C5(C)C. The zero-order valence-corrected chi connectivity index (χ0v) is 19.5. The van der Waals surface area contributed by atoms with Gasteiger partial charge in [-0.1, -0.05) is 32.1 Å².